The van der Waals surface area contributed by atoms with Crippen molar-refractivity contribution in [2.24, 2.45) is 5.92 Å². The molecule has 0 aromatic heterocycles. The third kappa shape index (κ3) is 3.98. The van der Waals surface area contributed by atoms with E-state index in [2.05, 4.69) is 41.8 Å². The van der Waals surface area contributed by atoms with Crippen molar-refractivity contribution in [2.45, 2.75) is 45.2 Å². The fourth-order valence-corrected chi connectivity index (χ4v) is 2.75. The summed E-state index contributed by atoms with van der Waals surface area (Å²) >= 11 is 5.36. The minimum Gasteiger partial charge on any atom is -0.360 e. The zero-order valence-corrected chi connectivity index (χ0v) is 11.8. The normalized spacial score (nSPS) is 23.4. The SMILES string of the molecule is C[C@@H]1CCCC[C@H]1NC(=S)NCc1ccccc1. The first-order chi connectivity index (χ1) is 8.75. The molecule has 2 atom stereocenters. The van der Waals surface area contributed by atoms with Crippen LogP contribution in [0.3, 0.4) is 0 Å². The van der Waals surface area contributed by atoms with Gasteiger partial charge in [-0.25, -0.2) is 0 Å². The van der Waals surface area contributed by atoms with Gasteiger partial charge in [-0.1, -0.05) is 50.1 Å². The highest BCUT2D eigenvalue weighted by molar-refractivity contribution is 7.80. The van der Waals surface area contributed by atoms with Crippen LogP contribution in [0.2, 0.25) is 0 Å². The van der Waals surface area contributed by atoms with Gasteiger partial charge in [-0.05, 0) is 36.5 Å². The lowest BCUT2D eigenvalue weighted by molar-refractivity contribution is 0.308. The van der Waals surface area contributed by atoms with E-state index in [4.69, 9.17) is 12.2 Å². The largest absolute Gasteiger partial charge is 0.360 e. The minimum absolute atomic E-state index is 0.550. The fourth-order valence-electron chi connectivity index (χ4n) is 2.53. The molecule has 0 saturated heterocycles. The second-order valence-corrected chi connectivity index (χ2v) is 5.59. The molecule has 0 amide bonds. The van der Waals surface area contributed by atoms with Crippen molar-refractivity contribution in [3.8, 4) is 0 Å². The average Bonchev–Trinajstić information content (AvgIpc) is 2.40. The first kappa shape index (κ1) is 13.3. The van der Waals surface area contributed by atoms with Crippen LogP contribution >= 0.6 is 12.2 Å². The maximum atomic E-state index is 5.36. The van der Waals surface area contributed by atoms with E-state index in [1.165, 1.54) is 31.2 Å². The molecule has 18 heavy (non-hydrogen) atoms. The Balaban J connectivity index is 1.75. The summed E-state index contributed by atoms with van der Waals surface area (Å²) in [7, 11) is 0. The van der Waals surface area contributed by atoms with Gasteiger partial charge in [-0.2, -0.15) is 0 Å². The van der Waals surface area contributed by atoms with Crippen LogP contribution in [0.5, 0.6) is 0 Å². The summed E-state index contributed by atoms with van der Waals surface area (Å²) in [6, 6.07) is 10.9. The third-order valence-electron chi connectivity index (χ3n) is 3.72. The summed E-state index contributed by atoms with van der Waals surface area (Å²) in [5, 5.41) is 7.54. The summed E-state index contributed by atoms with van der Waals surface area (Å²) in [4.78, 5) is 0. The Labute approximate surface area is 115 Å². The van der Waals surface area contributed by atoms with E-state index in [9.17, 15) is 0 Å². The first-order valence-corrected chi connectivity index (χ1v) is 7.25. The molecule has 0 bridgehead atoms. The zero-order valence-electron chi connectivity index (χ0n) is 11.0. The summed E-state index contributed by atoms with van der Waals surface area (Å²) in [5.41, 5.74) is 1.26. The average molecular weight is 262 g/mol. The van der Waals surface area contributed by atoms with Gasteiger partial charge in [0, 0.05) is 12.6 Å². The highest BCUT2D eigenvalue weighted by Gasteiger charge is 2.21. The molecule has 0 unspecified atom stereocenters. The van der Waals surface area contributed by atoms with E-state index in [1.807, 2.05) is 6.07 Å². The Bertz CT molecular complexity index is 377. The van der Waals surface area contributed by atoms with Crippen molar-refractivity contribution in [2.75, 3.05) is 0 Å². The van der Waals surface area contributed by atoms with Crippen LogP contribution in [0.25, 0.3) is 0 Å². The second-order valence-electron chi connectivity index (χ2n) is 5.18. The molecule has 0 heterocycles. The second kappa shape index (κ2) is 6.74. The molecule has 1 fully saturated rings. The van der Waals surface area contributed by atoms with Gasteiger partial charge in [0.1, 0.15) is 0 Å². The first-order valence-electron chi connectivity index (χ1n) is 6.84. The lowest BCUT2D eigenvalue weighted by Crippen LogP contribution is -2.45. The number of nitrogens with one attached hydrogen (secondary N) is 2. The number of rotatable bonds is 3. The van der Waals surface area contributed by atoms with Crippen molar-refractivity contribution in [1.82, 2.24) is 10.6 Å². The molecular formula is C15H22N2S. The molecule has 2 nitrogen and oxygen atoms in total. The maximum absolute atomic E-state index is 5.36. The standard InChI is InChI=1S/C15H22N2S/c1-12-7-5-6-10-14(12)17-15(18)16-11-13-8-3-2-4-9-13/h2-4,8-9,12,14H,5-7,10-11H2,1H3,(H2,16,17,18)/t12-,14-/m1/s1. The molecule has 1 aliphatic rings. The molecule has 0 radical (unpaired) electrons. The van der Waals surface area contributed by atoms with Gasteiger partial charge in [0.25, 0.3) is 0 Å². The highest BCUT2D eigenvalue weighted by atomic mass is 32.1. The van der Waals surface area contributed by atoms with Gasteiger partial charge in [0.15, 0.2) is 5.11 Å². The Morgan fingerprint density at radius 2 is 1.94 bits per heavy atom. The van der Waals surface area contributed by atoms with Crippen LogP contribution in [-0.4, -0.2) is 11.2 Å². The molecule has 0 aliphatic heterocycles. The van der Waals surface area contributed by atoms with E-state index < -0.39 is 0 Å². The van der Waals surface area contributed by atoms with Crippen molar-refractivity contribution < 1.29 is 0 Å². The number of benzene rings is 1. The van der Waals surface area contributed by atoms with Gasteiger partial charge >= 0.3 is 0 Å². The molecular weight excluding hydrogens is 240 g/mol. The number of thiocarbonyl (C=S) groups is 1. The van der Waals surface area contributed by atoms with Gasteiger partial charge in [0.2, 0.25) is 0 Å². The van der Waals surface area contributed by atoms with Gasteiger partial charge in [-0.15, -0.1) is 0 Å². The minimum atomic E-state index is 0.550. The highest BCUT2D eigenvalue weighted by Crippen LogP contribution is 2.23. The van der Waals surface area contributed by atoms with E-state index >= 15 is 0 Å². The monoisotopic (exact) mass is 262 g/mol. The molecule has 3 heteroatoms. The maximum Gasteiger partial charge on any atom is 0.166 e. The Morgan fingerprint density at radius 3 is 2.67 bits per heavy atom. The summed E-state index contributed by atoms with van der Waals surface area (Å²) in [6.45, 7) is 3.12. The van der Waals surface area contributed by atoms with Gasteiger partial charge in [-0.3, -0.25) is 0 Å². The summed E-state index contributed by atoms with van der Waals surface area (Å²) in [6.07, 6.45) is 5.25. The van der Waals surface area contributed by atoms with Gasteiger partial charge in [0.05, 0.1) is 0 Å². The topological polar surface area (TPSA) is 24.1 Å². The number of hydrogen-bond acceptors (Lipinski definition) is 1. The van der Waals surface area contributed by atoms with E-state index in [-0.39, 0.29) is 0 Å². The van der Waals surface area contributed by atoms with Gasteiger partial charge < -0.3 is 10.6 Å². The predicted molar refractivity (Wildman–Crippen MR) is 80.4 cm³/mol. The van der Waals surface area contributed by atoms with Crippen molar-refractivity contribution >= 4 is 17.3 Å². The Morgan fingerprint density at radius 1 is 1.22 bits per heavy atom. The van der Waals surface area contributed by atoms with Crippen LogP contribution in [0, 0.1) is 5.92 Å². The predicted octanol–water partition coefficient (Wildman–Crippen LogP) is 3.23. The molecule has 1 aromatic carbocycles. The van der Waals surface area contributed by atoms with Crippen LogP contribution in [0.1, 0.15) is 38.2 Å². The van der Waals surface area contributed by atoms with Crippen LogP contribution in [0.4, 0.5) is 0 Å². The number of hydrogen-bond donors (Lipinski definition) is 2. The quantitative estimate of drug-likeness (QED) is 0.818. The lowest BCUT2D eigenvalue weighted by Gasteiger charge is -2.30. The van der Waals surface area contributed by atoms with Crippen LogP contribution in [0.15, 0.2) is 30.3 Å². The molecule has 1 saturated carbocycles. The molecule has 1 aromatic rings. The molecule has 1 aliphatic carbocycles. The molecule has 98 valence electrons. The fraction of sp³-hybridized carbons (Fsp3) is 0.533. The Hall–Kier alpha value is -1.09. The summed E-state index contributed by atoms with van der Waals surface area (Å²) < 4.78 is 0. The van der Waals surface area contributed by atoms with Crippen molar-refractivity contribution in [3.05, 3.63) is 35.9 Å². The zero-order chi connectivity index (χ0) is 12.8. The van der Waals surface area contributed by atoms with Crippen LogP contribution < -0.4 is 10.6 Å². The van der Waals surface area contributed by atoms with Crippen LogP contribution in [-0.2, 0) is 6.54 Å². The smallest absolute Gasteiger partial charge is 0.166 e. The van der Waals surface area contributed by atoms with E-state index in [1.54, 1.807) is 0 Å². The molecule has 2 N–H and O–H groups in total. The summed E-state index contributed by atoms with van der Waals surface area (Å²) in [5.74, 6) is 0.732. The van der Waals surface area contributed by atoms with E-state index in [0.717, 1.165) is 17.6 Å². The molecule has 2 rings (SSSR count). The van der Waals surface area contributed by atoms with E-state index in [0.29, 0.717) is 6.04 Å². The Kier molecular flexibility index (Phi) is 5.00. The van der Waals surface area contributed by atoms with Crippen molar-refractivity contribution in [3.63, 3.8) is 0 Å². The van der Waals surface area contributed by atoms with Crippen molar-refractivity contribution in [1.29, 1.82) is 0 Å². The lowest BCUT2D eigenvalue weighted by atomic mass is 9.86. The molecule has 0 spiro atoms. The third-order valence-corrected chi connectivity index (χ3v) is 3.99.